The van der Waals surface area contributed by atoms with Gasteiger partial charge in [-0.3, -0.25) is 0 Å². The highest BCUT2D eigenvalue weighted by atomic mass is 32.1. The lowest BCUT2D eigenvalue weighted by atomic mass is 9.98. The van der Waals surface area contributed by atoms with E-state index in [4.69, 9.17) is 10.5 Å². The average molecular weight is 271 g/mol. The second-order valence-corrected chi connectivity index (χ2v) is 5.37. The Hall–Kier alpha value is -1.30. The second-order valence-electron chi connectivity index (χ2n) is 4.59. The van der Waals surface area contributed by atoms with Gasteiger partial charge in [-0.2, -0.15) is 4.37 Å². The molecule has 1 atom stereocenters. The van der Waals surface area contributed by atoms with Crippen molar-refractivity contribution in [2.45, 2.75) is 27.7 Å². The Bertz CT molecular complexity index is 404. The van der Waals surface area contributed by atoms with Crippen molar-refractivity contribution in [2.75, 3.05) is 24.2 Å². The van der Waals surface area contributed by atoms with Gasteiger partial charge in [0.25, 0.3) is 0 Å². The molecule has 0 radical (unpaired) electrons. The van der Waals surface area contributed by atoms with E-state index in [-0.39, 0.29) is 5.82 Å². The van der Waals surface area contributed by atoms with Crippen LogP contribution in [0.4, 0.5) is 10.8 Å². The van der Waals surface area contributed by atoms with Crippen molar-refractivity contribution in [3.63, 3.8) is 0 Å². The fourth-order valence-corrected chi connectivity index (χ4v) is 2.02. The van der Waals surface area contributed by atoms with Crippen LogP contribution in [-0.4, -0.2) is 23.5 Å². The molecule has 0 bridgehead atoms. The van der Waals surface area contributed by atoms with Crippen LogP contribution in [0.1, 0.15) is 38.1 Å². The first kappa shape index (κ1) is 14.8. The van der Waals surface area contributed by atoms with Gasteiger partial charge >= 0.3 is 5.97 Å². The van der Waals surface area contributed by atoms with Crippen molar-refractivity contribution in [2.24, 2.45) is 11.8 Å². The summed E-state index contributed by atoms with van der Waals surface area (Å²) in [5, 5.41) is 3.92. The Morgan fingerprint density at radius 2 is 2.17 bits per heavy atom. The largest absolute Gasteiger partial charge is 0.462 e. The minimum Gasteiger partial charge on any atom is -0.462 e. The molecule has 1 heterocycles. The maximum atomic E-state index is 11.8. The van der Waals surface area contributed by atoms with Gasteiger partial charge in [0.15, 0.2) is 5.82 Å². The molecule has 0 aliphatic rings. The van der Waals surface area contributed by atoms with E-state index >= 15 is 0 Å². The zero-order valence-corrected chi connectivity index (χ0v) is 12.1. The molecule has 102 valence electrons. The van der Waals surface area contributed by atoms with Gasteiger partial charge in [-0.05, 0) is 30.3 Å². The molecule has 0 spiro atoms. The van der Waals surface area contributed by atoms with Gasteiger partial charge in [0.05, 0.1) is 6.61 Å². The molecular formula is C12H21N3O2S. The molecule has 1 aromatic rings. The summed E-state index contributed by atoms with van der Waals surface area (Å²) in [6, 6.07) is 0. The van der Waals surface area contributed by atoms with E-state index < -0.39 is 5.97 Å². The second kappa shape index (κ2) is 6.58. The number of hydrogen-bond acceptors (Lipinski definition) is 6. The van der Waals surface area contributed by atoms with E-state index in [1.807, 2.05) is 0 Å². The summed E-state index contributed by atoms with van der Waals surface area (Å²) in [5.41, 5.74) is 6.06. The van der Waals surface area contributed by atoms with Crippen molar-refractivity contribution >= 4 is 28.3 Å². The predicted octanol–water partition coefficient (Wildman–Crippen LogP) is 2.61. The molecule has 0 aliphatic heterocycles. The monoisotopic (exact) mass is 271 g/mol. The first-order valence-corrected chi connectivity index (χ1v) is 6.90. The van der Waals surface area contributed by atoms with Crippen LogP contribution in [0.15, 0.2) is 0 Å². The average Bonchev–Trinajstić information content (AvgIpc) is 2.67. The van der Waals surface area contributed by atoms with E-state index in [2.05, 4.69) is 30.5 Å². The van der Waals surface area contributed by atoms with E-state index in [0.717, 1.165) is 6.54 Å². The Balaban J connectivity index is 2.75. The van der Waals surface area contributed by atoms with E-state index in [0.29, 0.717) is 29.0 Å². The van der Waals surface area contributed by atoms with Crippen LogP contribution in [0.2, 0.25) is 0 Å². The van der Waals surface area contributed by atoms with Crippen LogP contribution in [-0.2, 0) is 4.74 Å². The van der Waals surface area contributed by atoms with Crippen LogP contribution in [0.5, 0.6) is 0 Å². The smallest absolute Gasteiger partial charge is 0.344 e. The maximum absolute atomic E-state index is 11.8. The third-order valence-corrected chi connectivity index (χ3v) is 3.74. The number of esters is 1. The first-order valence-electron chi connectivity index (χ1n) is 6.13. The Labute approximate surface area is 112 Å². The Kier molecular flexibility index (Phi) is 5.40. The molecule has 0 amide bonds. The van der Waals surface area contributed by atoms with E-state index in [1.54, 1.807) is 6.92 Å². The normalized spacial score (nSPS) is 12.5. The molecule has 5 nitrogen and oxygen atoms in total. The van der Waals surface area contributed by atoms with Crippen LogP contribution in [0, 0.1) is 11.8 Å². The molecule has 0 saturated heterocycles. The van der Waals surface area contributed by atoms with Gasteiger partial charge in [-0.1, -0.05) is 20.8 Å². The molecule has 0 saturated carbocycles. The summed E-state index contributed by atoms with van der Waals surface area (Å²) in [6.45, 7) is 9.37. The minimum absolute atomic E-state index is 0.234. The maximum Gasteiger partial charge on any atom is 0.344 e. The molecule has 0 aliphatic carbocycles. The van der Waals surface area contributed by atoms with Gasteiger partial charge in [0, 0.05) is 6.54 Å². The van der Waals surface area contributed by atoms with Crippen LogP contribution >= 0.6 is 11.5 Å². The SMILES string of the molecule is CCOC(=O)c1c(N)nsc1NCC(C)C(C)C. The fraction of sp³-hybridized carbons (Fsp3) is 0.667. The van der Waals surface area contributed by atoms with E-state index in [1.165, 1.54) is 11.5 Å². The predicted molar refractivity (Wildman–Crippen MR) is 75.0 cm³/mol. The fourth-order valence-electron chi connectivity index (χ4n) is 1.31. The van der Waals surface area contributed by atoms with Gasteiger partial charge < -0.3 is 15.8 Å². The summed E-state index contributed by atoms with van der Waals surface area (Å²) in [6.07, 6.45) is 0. The van der Waals surface area contributed by atoms with Crippen molar-refractivity contribution in [3.8, 4) is 0 Å². The summed E-state index contributed by atoms with van der Waals surface area (Å²) in [5.74, 6) is 0.902. The quantitative estimate of drug-likeness (QED) is 0.778. The zero-order chi connectivity index (χ0) is 13.7. The zero-order valence-electron chi connectivity index (χ0n) is 11.3. The number of nitrogen functional groups attached to an aromatic ring is 1. The van der Waals surface area contributed by atoms with Gasteiger partial charge in [0.2, 0.25) is 0 Å². The molecular weight excluding hydrogens is 250 g/mol. The number of ether oxygens (including phenoxy) is 1. The summed E-state index contributed by atoms with van der Waals surface area (Å²) >= 11 is 1.20. The number of anilines is 2. The highest BCUT2D eigenvalue weighted by molar-refractivity contribution is 7.11. The van der Waals surface area contributed by atoms with Crippen molar-refractivity contribution < 1.29 is 9.53 Å². The third kappa shape index (κ3) is 3.60. The van der Waals surface area contributed by atoms with Crippen molar-refractivity contribution in [3.05, 3.63) is 5.56 Å². The highest BCUT2D eigenvalue weighted by Crippen LogP contribution is 2.28. The molecule has 1 unspecified atom stereocenters. The van der Waals surface area contributed by atoms with Gasteiger partial charge in [0.1, 0.15) is 10.6 Å². The van der Waals surface area contributed by atoms with Crippen LogP contribution in [0.25, 0.3) is 0 Å². The van der Waals surface area contributed by atoms with Crippen LogP contribution < -0.4 is 11.1 Å². The van der Waals surface area contributed by atoms with Crippen molar-refractivity contribution in [1.29, 1.82) is 0 Å². The number of nitrogens with zero attached hydrogens (tertiary/aromatic N) is 1. The lowest BCUT2D eigenvalue weighted by molar-refractivity contribution is 0.0529. The highest BCUT2D eigenvalue weighted by Gasteiger charge is 2.20. The number of carbonyl (C=O) groups is 1. The first-order chi connectivity index (χ1) is 8.47. The summed E-state index contributed by atoms with van der Waals surface area (Å²) in [7, 11) is 0. The standard InChI is InChI=1S/C12H21N3O2S/c1-5-17-12(16)9-10(13)15-18-11(9)14-6-8(4)7(2)3/h7-8,14H,5-6H2,1-4H3,(H2,13,15). The van der Waals surface area contributed by atoms with Crippen molar-refractivity contribution in [1.82, 2.24) is 4.37 Å². The molecule has 3 N–H and O–H groups in total. The molecule has 1 aromatic heterocycles. The van der Waals surface area contributed by atoms with Crippen LogP contribution in [0.3, 0.4) is 0 Å². The number of aromatic nitrogens is 1. The number of carbonyl (C=O) groups excluding carboxylic acids is 1. The third-order valence-electron chi connectivity index (χ3n) is 2.92. The van der Waals surface area contributed by atoms with Gasteiger partial charge in [-0.15, -0.1) is 0 Å². The molecule has 1 rings (SSSR count). The number of nitrogens with one attached hydrogen (secondary N) is 1. The summed E-state index contributed by atoms with van der Waals surface area (Å²) < 4.78 is 8.97. The topological polar surface area (TPSA) is 77.2 Å². The lowest BCUT2D eigenvalue weighted by Crippen LogP contribution is -2.17. The minimum atomic E-state index is -0.413. The number of nitrogens with two attached hydrogens (primary N) is 1. The molecule has 18 heavy (non-hydrogen) atoms. The summed E-state index contributed by atoms with van der Waals surface area (Å²) in [4.78, 5) is 11.8. The van der Waals surface area contributed by atoms with Gasteiger partial charge in [-0.25, -0.2) is 4.79 Å². The number of hydrogen-bond donors (Lipinski definition) is 2. The molecule has 6 heteroatoms. The van der Waals surface area contributed by atoms with E-state index in [9.17, 15) is 4.79 Å². The molecule has 0 aromatic carbocycles. The molecule has 0 fully saturated rings. The number of rotatable bonds is 6. The Morgan fingerprint density at radius 3 is 2.72 bits per heavy atom. The Morgan fingerprint density at radius 1 is 1.50 bits per heavy atom. The lowest BCUT2D eigenvalue weighted by Gasteiger charge is -2.16.